The first-order chi connectivity index (χ1) is 13.8. The predicted octanol–water partition coefficient (Wildman–Crippen LogP) is 2.55. The van der Waals surface area contributed by atoms with Gasteiger partial charge in [-0.15, -0.1) is 0 Å². The number of morpholine rings is 1. The third kappa shape index (κ3) is 4.87. The molecule has 2 aromatic rings. The maximum absolute atomic E-state index is 5.55. The fourth-order valence-electron chi connectivity index (χ4n) is 4.10. The maximum Gasteiger partial charge on any atom is 0.225 e. The molecular weight excluding hydrogens is 350 g/mol. The van der Waals surface area contributed by atoms with Crippen LogP contribution in [-0.4, -0.2) is 60.8 Å². The van der Waals surface area contributed by atoms with E-state index in [1.165, 1.54) is 24.0 Å². The van der Waals surface area contributed by atoms with E-state index >= 15 is 0 Å². The van der Waals surface area contributed by atoms with Crippen LogP contribution in [0.4, 0.5) is 5.95 Å². The minimum Gasteiger partial charge on any atom is -0.379 e. The molecule has 150 valence electrons. The highest BCUT2D eigenvalue weighted by Crippen LogP contribution is 2.22. The minimum atomic E-state index is 0.355. The third-order valence-corrected chi connectivity index (χ3v) is 5.66. The van der Waals surface area contributed by atoms with Crippen LogP contribution in [0.25, 0.3) is 0 Å². The summed E-state index contributed by atoms with van der Waals surface area (Å²) in [6, 6.07) is 9.21. The zero-order valence-electron chi connectivity index (χ0n) is 16.8. The molecule has 0 amide bonds. The van der Waals surface area contributed by atoms with Crippen LogP contribution >= 0.6 is 0 Å². The highest BCUT2D eigenvalue weighted by molar-refractivity contribution is 5.31. The second-order valence-electron chi connectivity index (χ2n) is 7.79. The summed E-state index contributed by atoms with van der Waals surface area (Å²) >= 11 is 0. The molecule has 1 aromatic heterocycles. The third-order valence-electron chi connectivity index (χ3n) is 5.66. The zero-order valence-corrected chi connectivity index (χ0v) is 16.8. The van der Waals surface area contributed by atoms with E-state index in [-0.39, 0.29) is 0 Å². The molecule has 6 heteroatoms. The molecule has 1 N–H and O–H groups in total. The lowest BCUT2D eigenvalue weighted by atomic mass is 10.0. The molecule has 4 rings (SSSR count). The van der Waals surface area contributed by atoms with Crippen LogP contribution in [-0.2, 0) is 11.3 Å². The van der Waals surface area contributed by atoms with Gasteiger partial charge in [-0.25, -0.2) is 9.97 Å². The van der Waals surface area contributed by atoms with Crippen molar-refractivity contribution in [2.45, 2.75) is 32.4 Å². The first-order valence-corrected chi connectivity index (χ1v) is 10.4. The molecule has 1 atom stereocenters. The molecular formula is C22H31N5O. The van der Waals surface area contributed by atoms with E-state index in [4.69, 9.17) is 4.74 Å². The van der Waals surface area contributed by atoms with Crippen LogP contribution in [0.3, 0.4) is 0 Å². The summed E-state index contributed by atoms with van der Waals surface area (Å²) in [4.78, 5) is 13.9. The van der Waals surface area contributed by atoms with Crippen molar-refractivity contribution >= 4 is 5.95 Å². The fourth-order valence-corrected chi connectivity index (χ4v) is 4.10. The largest absolute Gasteiger partial charge is 0.379 e. The minimum absolute atomic E-state index is 0.355. The number of nitrogens with zero attached hydrogens (tertiary/aromatic N) is 4. The van der Waals surface area contributed by atoms with Crippen molar-refractivity contribution in [3.63, 3.8) is 0 Å². The standard InChI is InChI=1S/C22H31N5O/c1-18-5-4-6-20(13-18)21(26-9-11-28-12-10-26)17-23-14-19-15-24-22(25-16-19)27-7-2-3-8-27/h4-6,13,15-16,21,23H,2-3,7-12,14,17H2,1H3. The Hall–Kier alpha value is -2.02. The van der Waals surface area contributed by atoms with Gasteiger partial charge in [-0.3, -0.25) is 4.90 Å². The molecule has 0 spiro atoms. The molecule has 0 radical (unpaired) electrons. The average Bonchev–Trinajstić information content (AvgIpc) is 3.27. The van der Waals surface area contributed by atoms with Gasteiger partial charge in [0.15, 0.2) is 0 Å². The molecule has 2 fully saturated rings. The molecule has 0 bridgehead atoms. The number of ether oxygens (including phenoxy) is 1. The molecule has 1 aromatic carbocycles. The Balaban J connectivity index is 1.37. The van der Waals surface area contributed by atoms with Gasteiger partial charge in [0.2, 0.25) is 5.95 Å². The first kappa shape index (κ1) is 19.3. The van der Waals surface area contributed by atoms with Gasteiger partial charge in [0.05, 0.1) is 13.2 Å². The molecule has 2 saturated heterocycles. The number of hydrogen-bond donors (Lipinski definition) is 1. The average molecular weight is 382 g/mol. The molecule has 3 heterocycles. The Labute approximate surface area is 167 Å². The van der Waals surface area contributed by atoms with E-state index in [0.717, 1.165) is 64.0 Å². The molecule has 2 aliphatic rings. The van der Waals surface area contributed by atoms with Gasteiger partial charge in [-0.05, 0) is 25.3 Å². The summed E-state index contributed by atoms with van der Waals surface area (Å²) < 4.78 is 5.55. The number of aromatic nitrogens is 2. The molecule has 1 unspecified atom stereocenters. The van der Waals surface area contributed by atoms with Crippen LogP contribution in [0.1, 0.15) is 35.6 Å². The Morgan fingerprint density at radius 1 is 1.07 bits per heavy atom. The fraction of sp³-hybridized carbons (Fsp3) is 0.545. The normalized spacial score (nSPS) is 19.1. The van der Waals surface area contributed by atoms with Crippen molar-refractivity contribution < 1.29 is 4.74 Å². The Kier molecular flexibility index (Phi) is 6.52. The monoisotopic (exact) mass is 381 g/mol. The van der Waals surface area contributed by atoms with E-state index in [1.807, 2.05) is 12.4 Å². The van der Waals surface area contributed by atoms with Crippen LogP contribution in [0, 0.1) is 6.92 Å². The highest BCUT2D eigenvalue weighted by Gasteiger charge is 2.22. The molecule has 0 saturated carbocycles. The Morgan fingerprint density at radius 2 is 1.82 bits per heavy atom. The smallest absolute Gasteiger partial charge is 0.225 e. The number of nitrogens with one attached hydrogen (secondary N) is 1. The second kappa shape index (κ2) is 9.45. The van der Waals surface area contributed by atoms with E-state index in [9.17, 15) is 0 Å². The van der Waals surface area contributed by atoms with E-state index in [1.54, 1.807) is 0 Å². The van der Waals surface area contributed by atoms with Crippen molar-refractivity contribution in [2.24, 2.45) is 0 Å². The van der Waals surface area contributed by atoms with E-state index < -0.39 is 0 Å². The SMILES string of the molecule is Cc1cccc(C(CNCc2cnc(N3CCCC3)nc2)N2CCOCC2)c1. The number of aryl methyl sites for hydroxylation is 1. The topological polar surface area (TPSA) is 53.5 Å². The highest BCUT2D eigenvalue weighted by atomic mass is 16.5. The molecule has 28 heavy (non-hydrogen) atoms. The molecule has 0 aliphatic carbocycles. The van der Waals surface area contributed by atoms with Gasteiger partial charge in [0, 0.05) is 63.3 Å². The number of benzene rings is 1. The van der Waals surface area contributed by atoms with Gasteiger partial charge in [0.1, 0.15) is 0 Å². The Bertz CT molecular complexity index is 739. The maximum atomic E-state index is 5.55. The van der Waals surface area contributed by atoms with Crippen LogP contribution in [0.15, 0.2) is 36.7 Å². The van der Waals surface area contributed by atoms with Crippen LogP contribution in [0.5, 0.6) is 0 Å². The summed E-state index contributed by atoms with van der Waals surface area (Å²) in [5.41, 5.74) is 3.81. The number of hydrogen-bond acceptors (Lipinski definition) is 6. The van der Waals surface area contributed by atoms with Crippen molar-refractivity contribution in [3.8, 4) is 0 Å². The van der Waals surface area contributed by atoms with Crippen LogP contribution in [0.2, 0.25) is 0 Å². The molecule has 6 nitrogen and oxygen atoms in total. The quantitative estimate of drug-likeness (QED) is 0.796. The second-order valence-corrected chi connectivity index (χ2v) is 7.79. The summed E-state index contributed by atoms with van der Waals surface area (Å²) in [7, 11) is 0. The lowest BCUT2D eigenvalue weighted by Crippen LogP contribution is -2.42. The Morgan fingerprint density at radius 3 is 2.54 bits per heavy atom. The van der Waals surface area contributed by atoms with Gasteiger partial charge < -0.3 is 15.0 Å². The van der Waals surface area contributed by atoms with Gasteiger partial charge in [0.25, 0.3) is 0 Å². The van der Waals surface area contributed by atoms with E-state index in [0.29, 0.717) is 6.04 Å². The zero-order chi connectivity index (χ0) is 19.2. The van der Waals surface area contributed by atoms with Crippen molar-refractivity contribution in [3.05, 3.63) is 53.3 Å². The first-order valence-electron chi connectivity index (χ1n) is 10.4. The van der Waals surface area contributed by atoms with Crippen molar-refractivity contribution in [1.82, 2.24) is 20.2 Å². The summed E-state index contributed by atoms with van der Waals surface area (Å²) in [5, 5.41) is 3.63. The van der Waals surface area contributed by atoms with E-state index in [2.05, 4.69) is 56.3 Å². The van der Waals surface area contributed by atoms with Crippen molar-refractivity contribution in [1.29, 1.82) is 0 Å². The van der Waals surface area contributed by atoms with Crippen LogP contribution < -0.4 is 10.2 Å². The summed E-state index contributed by atoms with van der Waals surface area (Å²) in [6.07, 6.45) is 6.41. The lowest BCUT2D eigenvalue weighted by Gasteiger charge is -2.35. The number of anilines is 1. The molecule has 2 aliphatic heterocycles. The van der Waals surface area contributed by atoms with Gasteiger partial charge >= 0.3 is 0 Å². The number of rotatable bonds is 7. The van der Waals surface area contributed by atoms with Crippen molar-refractivity contribution in [2.75, 3.05) is 50.8 Å². The van der Waals surface area contributed by atoms with Gasteiger partial charge in [-0.2, -0.15) is 0 Å². The predicted molar refractivity (Wildman–Crippen MR) is 111 cm³/mol. The summed E-state index contributed by atoms with van der Waals surface area (Å²) in [6.45, 7) is 9.59. The lowest BCUT2D eigenvalue weighted by molar-refractivity contribution is 0.0161. The summed E-state index contributed by atoms with van der Waals surface area (Å²) in [5.74, 6) is 0.868. The van der Waals surface area contributed by atoms with Gasteiger partial charge in [-0.1, -0.05) is 29.8 Å².